The Kier molecular flexibility index (Phi) is 2.84. The highest BCUT2D eigenvalue weighted by molar-refractivity contribution is 5.71. The van der Waals surface area contributed by atoms with Crippen LogP contribution in [0, 0.1) is 10.1 Å². The Morgan fingerprint density at radius 1 is 1.56 bits per heavy atom. The lowest BCUT2D eigenvalue weighted by molar-refractivity contribution is -0.389. The fraction of sp³-hybridized carbons (Fsp3) is 0.636. The van der Waals surface area contributed by atoms with Gasteiger partial charge in [0.15, 0.2) is 0 Å². The van der Waals surface area contributed by atoms with Crippen LogP contribution < -0.4 is 0 Å². The van der Waals surface area contributed by atoms with Crippen LogP contribution in [0.5, 0.6) is 0 Å². The Morgan fingerprint density at radius 2 is 2.17 bits per heavy atom. The third-order valence-corrected chi connectivity index (χ3v) is 2.47. The molecule has 0 radical (unpaired) electrons. The summed E-state index contributed by atoms with van der Waals surface area (Å²) in [4.78, 5) is 22.0. The van der Waals surface area contributed by atoms with E-state index in [1.165, 1.54) is 6.07 Å². The van der Waals surface area contributed by atoms with E-state index in [0.29, 0.717) is 5.69 Å². The normalized spacial score (nSPS) is 15.5. The molecule has 0 spiro atoms. The maximum atomic E-state index is 11.9. The van der Waals surface area contributed by atoms with Gasteiger partial charge in [-0.05, 0) is 38.5 Å². The molecular formula is C11H15N3O4. The minimum absolute atomic E-state index is 0.179. The van der Waals surface area contributed by atoms with Gasteiger partial charge in [-0.15, -0.1) is 0 Å². The molecule has 0 saturated heterocycles. The van der Waals surface area contributed by atoms with Gasteiger partial charge in [-0.3, -0.25) is 0 Å². The number of nitro groups is 1. The highest BCUT2D eigenvalue weighted by Gasteiger charge is 2.35. The minimum Gasteiger partial charge on any atom is -0.441 e. The van der Waals surface area contributed by atoms with Crippen LogP contribution in [0.4, 0.5) is 10.6 Å². The van der Waals surface area contributed by atoms with Crippen molar-refractivity contribution in [3.63, 3.8) is 0 Å². The summed E-state index contributed by atoms with van der Waals surface area (Å²) in [5.74, 6) is -0.138. The molecule has 0 atom stereocenters. The second-order valence-corrected chi connectivity index (χ2v) is 5.35. The molecule has 0 amide bonds. The van der Waals surface area contributed by atoms with Crippen LogP contribution in [0.15, 0.2) is 6.07 Å². The van der Waals surface area contributed by atoms with E-state index in [2.05, 4.69) is 5.10 Å². The molecule has 0 N–H and O–H groups in total. The molecule has 0 unspecified atom stereocenters. The zero-order valence-electron chi connectivity index (χ0n) is 10.5. The van der Waals surface area contributed by atoms with E-state index in [1.54, 1.807) is 20.8 Å². The number of carbonyl (C=O) groups excluding carboxylic acids is 1. The first kappa shape index (κ1) is 12.5. The fourth-order valence-electron chi connectivity index (χ4n) is 1.59. The number of hydrogen-bond donors (Lipinski definition) is 0. The maximum Gasteiger partial charge on any atom is 0.454 e. The summed E-state index contributed by atoms with van der Waals surface area (Å²) in [6, 6.07) is 1.35. The van der Waals surface area contributed by atoms with E-state index in [1.807, 2.05) is 0 Å². The molecule has 1 fully saturated rings. The first-order chi connectivity index (χ1) is 8.28. The molecule has 98 valence electrons. The molecular weight excluding hydrogens is 238 g/mol. The molecule has 0 bridgehead atoms. The predicted octanol–water partition coefficient (Wildman–Crippen LogP) is 2.45. The number of hydrogen-bond acceptors (Lipinski definition) is 5. The zero-order valence-corrected chi connectivity index (χ0v) is 10.5. The lowest BCUT2D eigenvalue weighted by Crippen LogP contribution is -2.28. The SMILES string of the molecule is CC(C)(C)OC(=O)n1nc([N+](=O)[O-])cc1C1CC1. The number of carbonyl (C=O) groups is 1. The Balaban J connectivity index is 2.30. The minimum atomic E-state index is -0.669. The van der Waals surface area contributed by atoms with Crippen LogP contribution in [-0.2, 0) is 4.74 Å². The van der Waals surface area contributed by atoms with Crippen LogP contribution in [0.1, 0.15) is 45.2 Å². The van der Waals surface area contributed by atoms with Gasteiger partial charge in [0.25, 0.3) is 0 Å². The molecule has 0 aromatic carbocycles. The maximum absolute atomic E-state index is 11.9. The Hall–Kier alpha value is -1.92. The average molecular weight is 253 g/mol. The molecule has 1 heterocycles. The van der Waals surface area contributed by atoms with E-state index in [0.717, 1.165) is 17.5 Å². The zero-order chi connectivity index (χ0) is 13.5. The number of nitrogens with zero attached hydrogens (tertiary/aromatic N) is 3. The first-order valence-corrected chi connectivity index (χ1v) is 5.75. The van der Waals surface area contributed by atoms with Crippen molar-refractivity contribution in [1.82, 2.24) is 9.78 Å². The third kappa shape index (κ3) is 2.66. The lowest BCUT2D eigenvalue weighted by Gasteiger charge is -2.18. The Morgan fingerprint density at radius 3 is 2.61 bits per heavy atom. The van der Waals surface area contributed by atoms with Crippen molar-refractivity contribution in [2.45, 2.75) is 45.1 Å². The van der Waals surface area contributed by atoms with Crippen LogP contribution in [-0.4, -0.2) is 26.4 Å². The van der Waals surface area contributed by atoms with Crippen molar-refractivity contribution in [3.8, 4) is 0 Å². The molecule has 1 aliphatic carbocycles. The first-order valence-electron chi connectivity index (χ1n) is 5.75. The smallest absolute Gasteiger partial charge is 0.441 e. The largest absolute Gasteiger partial charge is 0.454 e. The highest BCUT2D eigenvalue weighted by atomic mass is 16.6. The van der Waals surface area contributed by atoms with Crippen molar-refractivity contribution in [3.05, 3.63) is 21.9 Å². The fourth-order valence-corrected chi connectivity index (χ4v) is 1.59. The van der Waals surface area contributed by atoms with E-state index < -0.39 is 16.6 Å². The van der Waals surface area contributed by atoms with E-state index in [-0.39, 0.29) is 11.7 Å². The molecule has 1 aromatic rings. The average Bonchev–Trinajstić information content (AvgIpc) is 2.94. The quantitative estimate of drug-likeness (QED) is 0.596. The molecule has 18 heavy (non-hydrogen) atoms. The highest BCUT2D eigenvalue weighted by Crippen LogP contribution is 2.41. The van der Waals surface area contributed by atoms with Gasteiger partial charge in [-0.1, -0.05) is 4.68 Å². The summed E-state index contributed by atoms with van der Waals surface area (Å²) in [5, 5.41) is 14.4. The topological polar surface area (TPSA) is 87.3 Å². The van der Waals surface area contributed by atoms with Crippen LogP contribution >= 0.6 is 0 Å². The van der Waals surface area contributed by atoms with Crippen LogP contribution in [0.25, 0.3) is 0 Å². The van der Waals surface area contributed by atoms with Crippen LogP contribution in [0.2, 0.25) is 0 Å². The van der Waals surface area contributed by atoms with Gasteiger partial charge < -0.3 is 14.9 Å². The molecule has 7 heteroatoms. The number of aromatic nitrogens is 2. The van der Waals surface area contributed by atoms with Gasteiger partial charge in [0.1, 0.15) is 5.60 Å². The second-order valence-electron chi connectivity index (χ2n) is 5.35. The molecule has 1 aromatic heterocycles. The summed E-state index contributed by atoms with van der Waals surface area (Å²) in [6.45, 7) is 5.21. The van der Waals surface area contributed by atoms with Gasteiger partial charge in [-0.2, -0.15) is 0 Å². The van der Waals surface area contributed by atoms with E-state index in [9.17, 15) is 14.9 Å². The van der Waals surface area contributed by atoms with Crippen molar-refractivity contribution in [2.24, 2.45) is 0 Å². The molecule has 1 saturated carbocycles. The Bertz CT molecular complexity index is 497. The van der Waals surface area contributed by atoms with E-state index >= 15 is 0 Å². The van der Waals surface area contributed by atoms with Gasteiger partial charge in [0.05, 0.1) is 16.9 Å². The molecule has 1 aliphatic rings. The Labute approximate surface area is 104 Å². The number of rotatable bonds is 2. The van der Waals surface area contributed by atoms with Gasteiger partial charge in [-0.25, -0.2) is 4.79 Å². The monoisotopic (exact) mass is 253 g/mol. The van der Waals surface area contributed by atoms with Gasteiger partial charge in [0.2, 0.25) is 0 Å². The second kappa shape index (κ2) is 4.08. The predicted molar refractivity (Wildman–Crippen MR) is 62.5 cm³/mol. The number of ether oxygens (including phenoxy) is 1. The summed E-state index contributed by atoms with van der Waals surface area (Å²) >= 11 is 0. The van der Waals surface area contributed by atoms with Crippen LogP contribution in [0.3, 0.4) is 0 Å². The summed E-state index contributed by atoms with van der Waals surface area (Å²) in [7, 11) is 0. The van der Waals surface area contributed by atoms with Gasteiger partial charge >= 0.3 is 11.9 Å². The molecule has 0 aliphatic heterocycles. The van der Waals surface area contributed by atoms with Crippen molar-refractivity contribution >= 4 is 11.9 Å². The lowest BCUT2D eigenvalue weighted by atomic mass is 10.2. The molecule has 7 nitrogen and oxygen atoms in total. The van der Waals surface area contributed by atoms with Crippen molar-refractivity contribution in [2.75, 3.05) is 0 Å². The van der Waals surface area contributed by atoms with Crippen molar-refractivity contribution in [1.29, 1.82) is 0 Å². The van der Waals surface area contributed by atoms with Crippen molar-refractivity contribution < 1.29 is 14.5 Å². The van der Waals surface area contributed by atoms with E-state index in [4.69, 9.17) is 4.74 Å². The standard InChI is InChI=1S/C11H15N3O4/c1-11(2,3)18-10(15)13-8(7-4-5-7)6-9(12-13)14(16)17/h6-7H,4-5H2,1-3H3. The molecule has 2 rings (SSSR count). The summed E-state index contributed by atoms with van der Waals surface area (Å²) in [6.07, 6.45) is 1.18. The third-order valence-electron chi connectivity index (χ3n) is 2.47. The summed E-state index contributed by atoms with van der Waals surface area (Å²) in [5.41, 5.74) is -0.0884. The van der Waals surface area contributed by atoms with Gasteiger partial charge in [0, 0.05) is 5.92 Å². The summed E-state index contributed by atoms with van der Waals surface area (Å²) < 4.78 is 6.19.